The molecule has 0 aromatic carbocycles. The fourth-order valence-electron chi connectivity index (χ4n) is 0.768. The van der Waals surface area contributed by atoms with Gasteiger partial charge in [-0.25, -0.2) is 4.79 Å². The van der Waals surface area contributed by atoms with Gasteiger partial charge in [0, 0.05) is 6.42 Å². The maximum absolute atomic E-state index is 11.0. The van der Waals surface area contributed by atoms with Crippen LogP contribution in [0.4, 0.5) is 0 Å². The molecule has 0 fully saturated rings. The normalized spacial score (nSPS) is 11.9. The van der Waals surface area contributed by atoms with Crippen LogP contribution in [0.2, 0.25) is 0 Å². The number of rotatable bonds is 5. The molecule has 0 saturated heterocycles. The van der Waals surface area contributed by atoms with Crippen LogP contribution >= 0.6 is 0 Å². The summed E-state index contributed by atoms with van der Waals surface area (Å²) in [5, 5.41) is 0. The van der Waals surface area contributed by atoms with Crippen molar-refractivity contribution < 1.29 is 19.1 Å². The number of carbonyl (C=O) groups excluding carboxylic acids is 2. The fourth-order valence-corrected chi connectivity index (χ4v) is 0.768. The molecule has 0 bridgehead atoms. The lowest BCUT2D eigenvalue weighted by Gasteiger charge is -2.11. The molecule has 0 aliphatic rings. The van der Waals surface area contributed by atoms with E-state index in [-0.39, 0.29) is 5.97 Å². The van der Waals surface area contributed by atoms with Crippen LogP contribution in [0, 0.1) is 0 Å². The first-order chi connectivity index (χ1) is 6.11. The lowest BCUT2D eigenvalue weighted by Crippen LogP contribution is -2.26. The summed E-state index contributed by atoms with van der Waals surface area (Å²) in [6.45, 7) is 5.38. The van der Waals surface area contributed by atoms with Crippen molar-refractivity contribution in [1.29, 1.82) is 0 Å². The Hall–Kier alpha value is -1.06. The van der Waals surface area contributed by atoms with E-state index < -0.39 is 12.1 Å². The molecule has 1 atom stereocenters. The summed E-state index contributed by atoms with van der Waals surface area (Å²) >= 11 is 0. The maximum atomic E-state index is 11.0. The van der Waals surface area contributed by atoms with Gasteiger partial charge in [0.2, 0.25) is 0 Å². The van der Waals surface area contributed by atoms with Gasteiger partial charge in [-0.3, -0.25) is 4.79 Å². The fraction of sp³-hybridized carbons (Fsp3) is 0.778. The molecule has 0 unspecified atom stereocenters. The molecule has 4 nitrogen and oxygen atoms in total. The number of carbonyl (C=O) groups is 2. The van der Waals surface area contributed by atoms with E-state index >= 15 is 0 Å². The summed E-state index contributed by atoms with van der Waals surface area (Å²) in [7, 11) is 0. The van der Waals surface area contributed by atoms with Gasteiger partial charge in [-0.2, -0.15) is 0 Å². The summed E-state index contributed by atoms with van der Waals surface area (Å²) in [5.41, 5.74) is 0. The van der Waals surface area contributed by atoms with E-state index in [0.717, 1.165) is 0 Å². The zero-order valence-corrected chi connectivity index (χ0v) is 8.33. The lowest BCUT2D eigenvalue weighted by molar-refractivity contribution is -0.166. The Morgan fingerprint density at radius 2 is 1.92 bits per heavy atom. The van der Waals surface area contributed by atoms with Crippen molar-refractivity contribution in [2.45, 2.75) is 39.7 Å². The summed E-state index contributed by atoms with van der Waals surface area (Å²) in [5.74, 6) is -0.852. The van der Waals surface area contributed by atoms with Crippen LogP contribution in [-0.2, 0) is 19.1 Å². The predicted molar refractivity (Wildman–Crippen MR) is 47.1 cm³/mol. The molecule has 0 aliphatic heterocycles. The molecular weight excluding hydrogens is 172 g/mol. The van der Waals surface area contributed by atoms with Crippen molar-refractivity contribution in [3.05, 3.63) is 0 Å². The van der Waals surface area contributed by atoms with E-state index in [4.69, 9.17) is 4.74 Å². The highest BCUT2D eigenvalue weighted by atomic mass is 16.6. The third-order valence-corrected chi connectivity index (χ3v) is 1.38. The highest BCUT2D eigenvalue weighted by Crippen LogP contribution is 1.99. The number of hydrogen-bond donors (Lipinski definition) is 0. The maximum Gasteiger partial charge on any atom is 0.347 e. The van der Waals surface area contributed by atoms with E-state index in [1.54, 1.807) is 6.92 Å². The Morgan fingerprint density at radius 3 is 2.38 bits per heavy atom. The number of esters is 2. The molecule has 0 saturated carbocycles. The smallest absolute Gasteiger partial charge is 0.347 e. The van der Waals surface area contributed by atoms with Crippen LogP contribution in [0.15, 0.2) is 0 Å². The first-order valence-corrected chi connectivity index (χ1v) is 4.47. The second-order valence-electron chi connectivity index (χ2n) is 2.63. The second kappa shape index (κ2) is 6.46. The minimum atomic E-state index is -0.793. The highest BCUT2D eigenvalue weighted by molar-refractivity contribution is 5.78. The molecule has 0 spiro atoms. The Labute approximate surface area is 78.2 Å². The van der Waals surface area contributed by atoms with Crippen molar-refractivity contribution in [3.63, 3.8) is 0 Å². The number of hydrogen-bond acceptors (Lipinski definition) is 4. The average molecular weight is 188 g/mol. The highest BCUT2D eigenvalue weighted by Gasteiger charge is 2.17. The molecule has 76 valence electrons. The predicted octanol–water partition coefficient (Wildman–Crippen LogP) is 1.28. The van der Waals surface area contributed by atoms with Gasteiger partial charge in [0.25, 0.3) is 0 Å². The van der Waals surface area contributed by atoms with Gasteiger partial charge in [0.15, 0.2) is 6.10 Å². The zero-order chi connectivity index (χ0) is 10.3. The molecule has 0 N–H and O–H groups in total. The van der Waals surface area contributed by atoms with Gasteiger partial charge in [-0.1, -0.05) is 6.92 Å². The molecule has 0 aromatic heterocycles. The summed E-state index contributed by atoms with van der Waals surface area (Å²) in [6, 6.07) is 0. The molecule has 0 aliphatic carbocycles. The standard InChI is InChI=1S/C9H16O4/c1-4-6-8(10)13-7(3)9(11)12-5-2/h7H,4-6H2,1-3H3/t7-/m0/s1. The van der Waals surface area contributed by atoms with Crippen molar-refractivity contribution in [2.24, 2.45) is 0 Å². The molecule has 0 radical (unpaired) electrons. The monoisotopic (exact) mass is 188 g/mol. The average Bonchev–Trinajstić information content (AvgIpc) is 2.05. The van der Waals surface area contributed by atoms with Crippen molar-refractivity contribution >= 4 is 11.9 Å². The minimum absolute atomic E-state index is 0.300. The van der Waals surface area contributed by atoms with Gasteiger partial charge in [0.05, 0.1) is 6.61 Å². The molecule has 0 heterocycles. The Kier molecular flexibility index (Phi) is 5.93. The molecular formula is C9H16O4. The van der Waals surface area contributed by atoms with Crippen LogP contribution in [0.25, 0.3) is 0 Å². The van der Waals surface area contributed by atoms with Crippen LogP contribution in [0.3, 0.4) is 0 Å². The molecule has 13 heavy (non-hydrogen) atoms. The molecule has 4 heteroatoms. The third kappa shape index (κ3) is 5.22. The first-order valence-electron chi connectivity index (χ1n) is 4.47. The van der Waals surface area contributed by atoms with Gasteiger partial charge in [-0.15, -0.1) is 0 Å². The van der Waals surface area contributed by atoms with Gasteiger partial charge in [0.1, 0.15) is 0 Å². The molecule has 0 aromatic rings. The van der Waals surface area contributed by atoms with Crippen LogP contribution in [-0.4, -0.2) is 24.6 Å². The number of ether oxygens (including phenoxy) is 2. The van der Waals surface area contributed by atoms with Crippen LogP contribution in [0.5, 0.6) is 0 Å². The van der Waals surface area contributed by atoms with Crippen molar-refractivity contribution in [2.75, 3.05) is 6.61 Å². The van der Waals surface area contributed by atoms with Gasteiger partial charge in [-0.05, 0) is 20.3 Å². The quantitative estimate of drug-likeness (QED) is 0.610. The summed E-state index contributed by atoms with van der Waals surface area (Å²) in [4.78, 5) is 21.9. The lowest BCUT2D eigenvalue weighted by atomic mass is 10.3. The van der Waals surface area contributed by atoms with E-state index in [0.29, 0.717) is 19.4 Å². The Bertz CT molecular complexity index is 176. The van der Waals surface area contributed by atoms with E-state index in [9.17, 15) is 9.59 Å². The van der Waals surface area contributed by atoms with Crippen molar-refractivity contribution in [3.8, 4) is 0 Å². The topological polar surface area (TPSA) is 52.6 Å². The Balaban J connectivity index is 3.78. The third-order valence-electron chi connectivity index (χ3n) is 1.38. The van der Waals surface area contributed by atoms with E-state index in [1.807, 2.05) is 6.92 Å². The SMILES string of the molecule is CCCC(=O)O[C@@H](C)C(=O)OCC. The second-order valence-corrected chi connectivity index (χ2v) is 2.63. The van der Waals surface area contributed by atoms with E-state index in [2.05, 4.69) is 4.74 Å². The molecule has 0 rings (SSSR count). The molecule has 0 amide bonds. The van der Waals surface area contributed by atoms with Gasteiger partial charge < -0.3 is 9.47 Å². The minimum Gasteiger partial charge on any atom is -0.463 e. The zero-order valence-electron chi connectivity index (χ0n) is 8.33. The first kappa shape index (κ1) is 11.9. The van der Waals surface area contributed by atoms with Gasteiger partial charge >= 0.3 is 11.9 Å². The summed E-state index contributed by atoms with van der Waals surface area (Å²) in [6.07, 6.45) is 0.261. The largest absolute Gasteiger partial charge is 0.463 e. The Morgan fingerprint density at radius 1 is 1.31 bits per heavy atom. The van der Waals surface area contributed by atoms with Crippen LogP contribution in [0.1, 0.15) is 33.6 Å². The van der Waals surface area contributed by atoms with Crippen molar-refractivity contribution in [1.82, 2.24) is 0 Å². The van der Waals surface area contributed by atoms with E-state index in [1.165, 1.54) is 6.92 Å². The summed E-state index contributed by atoms with van der Waals surface area (Å²) < 4.78 is 9.46. The van der Waals surface area contributed by atoms with Crippen LogP contribution < -0.4 is 0 Å².